The van der Waals surface area contributed by atoms with Crippen LogP contribution in [0.1, 0.15) is 34.7 Å². The van der Waals surface area contributed by atoms with Gasteiger partial charge in [-0.15, -0.1) is 0 Å². The molecule has 10 heteroatoms. The SMILES string of the molecule is CCc1cc(F)c(C(F)(F)Oc2ccc(CCc3cc(F)c(C(F)(F)F)c(F)c3)cc2)c(F)c1. The Morgan fingerprint density at radius 2 is 1.06 bits per heavy atom. The second kappa shape index (κ2) is 9.60. The summed E-state index contributed by atoms with van der Waals surface area (Å²) >= 11 is 0. The molecule has 0 amide bonds. The summed E-state index contributed by atoms with van der Waals surface area (Å²) in [7, 11) is 0. The van der Waals surface area contributed by atoms with Crippen molar-refractivity contribution in [1.29, 1.82) is 0 Å². The Balaban J connectivity index is 1.70. The summed E-state index contributed by atoms with van der Waals surface area (Å²) < 4.78 is 127. The van der Waals surface area contributed by atoms with E-state index in [0.717, 1.165) is 24.3 Å². The predicted molar refractivity (Wildman–Crippen MR) is 105 cm³/mol. The molecule has 0 spiro atoms. The summed E-state index contributed by atoms with van der Waals surface area (Å²) in [5, 5.41) is 0. The van der Waals surface area contributed by atoms with E-state index in [2.05, 4.69) is 4.74 Å². The molecule has 0 radical (unpaired) electrons. The molecule has 3 aromatic rings. The van der Waals surface area contributed by atoms with E-state index in [1.807, 2.05) is 0 Å². The van der Waals surface area contributed by atoms with Gasteiger partial charge in [0.15, 0.2) is 0 Å². The summed E-state index contributed by atoms with van der Waals surface area (Å²) in [6.45, 7) is 1.61. The summed E-state index contributed by atoms with van der Waals surface area (Å²) in [4.78, 5) is 0. The second-order valence-electron chi connectivity index (χ2n) is 7.48. The van der Waals surface area contributed by atoms with Crippen molar-refractivity contribution in [2.45, 2.75) is 38.5 Å². The third-order valence-corrected chi connectivity index (χ3v) is 5.06. The highest BCUT2D eigenvalue weighted by Gasteiger charge is 2.41. The maximum absolute atomic E-state index is 14.4. The smallest absolute Gasteiger partial charge is 0.429 e. The van der Waals surface area contributed by atoms with Gasteiger partial charge in [-0.2, -0.15) is 22.0 Å². The Morgan fingerprint density at radius 3 is 1.53 bits per heavy atom. The van der Waals surface area contributed by atoms with E-state index >= 15 is 0 Å². The van der Waals surface area contributed by atoms with Crippen LogP contribution in [0.25, 0.3) is 0 Å². The molecule has 3 aromatic carbocycles. The number of benzene rings is 3. The van der Waals surface area contributed by atoms with Gasteiger partial charge in [0, 0.05) is 0 Å². The molecule has 0 heterocycles. The fraction of sp³-hybridized carbons (Fsp3) is 0.250. The molecule has 0 aliphatic rings. The standard InChI is InChI=1S/C24H17F9O/c1-2-13-9-19(27)22(20(28)10-13)24(32,33)34-16-7-5-14(6-8-16)3-4-15-11-17(25)21(18(26)12-15)23(29,30)31/h5-12H,2-4H2,1H3. The van der Waals surface area contributed by atoms with Crippen LogP contribution < -0.4 is 4.74 Å². The zero-order valence-electron chi connectivity index (χ0n) is 17.6. The van der Waals surface area contributed by atoms with Crippen molar-refractivity contribution >= 4 is 0 Å². The van der Waals surface area contributed by atoms with Crippen molar-refractivity contribution in [3.8, 4) is 5.75 Å². The van der Waals surface area contributed by atoms with Crippen LogP contribution >= 0.6 is 0 Å². The number of aryl methyl sites for hydroxylation is 3. The van der Waals surface area contributed by atoms with Crippen molar-refractivity contribution in [3.05, 3.63) is 99.6 Å². The highest BCUT2D eigenvalue weighted by Crippen LogP contribution is 2.36. The van der Waals surface area contributed by atoms with Gasteiger partial charge in [-0.05, 0) is 72.4 Å². The molecular formula is C24H17F9O. The highest BCUT2D eigenvalue weighted by molar-refractivity contribution is 5.33. The molecule has 0 aliphatic heterocycles. The number of hydrogen-bond acceptors (Lipinski definition) is 1. The minimum atomic E-state index is -5.17. The number of hydrogen-bond donors (Lipinski definition) is 0. The molecule has 1 nitrogen and oxygen atoms in total. The lowest BCUT2D eigenvalue weighted by Crippen LogP contribution is -2.25. The zero-order valence-corrected chi connectivity index (χ0v) is 17.6. The molecule has 34 heavy (non-hydrogen) atoms. The number of alkyl halides is 5. The molecule has 0 fully saturated rings. The van der Waals surface area contributed by atoms with Crippen LogP contribution in [0.5, 0.6) is 5.75 Å². The minimum Gasteiger partial charge on any atom is -0.429 e. The summed E-state index contributed by atoms with van der Waals surface area (Å²) in [5.41, 5.74) is -2.85. The van der Waals surface area contributed by atoms with Crippen LogP contribution in [0.4, 0.5) is 39.5 Å². The topological polar surface area (TPSA) is 9.23 Å². The van der Waals surface area contributed by atoms with Crippen molar-refractivity contribution in [2.24, 2.45) is 0 Å². The Bertz CT molecular complexity index is 1120. The zero-order chi connectivity index (χ0) is 25.3. The third kappa shape index (κ3) is 5.66. The molecule has 0 aliphatic carbocycles. The van der Waals surface area contributed by atoms with Crippen molar-refractivity contribution in [3.63, 3.8) is 0 Å². The lowest BCUT2D eigenvalue weighted by molar-refractivity contribution is -0.189. The van der Waals surface area contributed by atoms with Crippen molar-refractivity contribution < 1.29 is 44.3 Å². The van der Waals surface area contributed by atoms with E-state index in [1.165, 1.54) is 12.1 Å². The first kappa shape index (κ1) is 25.5. The molecule has 0 N–H and O–H groups in total. The van der Waals surface area contributed by atoms with Crippen LogP contribution in [-0.2, 0) is 31.5 Å². The van der Waals surface area contributed by atoms with Gasteiger partial charge in [-0.3, -0.25) is 0 Å². The lowest BCUT2D eigenvalue weighted by Gasteiger charge is -2.20. The van der Waals surface area contributed by atoms with Gasteiger partial charge in [0.05, 0.1) is 0 Å². The van der Waals surface area contributed by atoms with Crippen LogP contribution in [0.2, 0.25) is 0 Å². The van der Waals surface area contributed by atoms with Gasteiger partial charge in [0.1, 0.15) is 40.1 Å². The molecule has 3 rings (SSSR count). The van der Waals surface area contributed by atoms with Crippen LogP contribution in [-0.4, -0.2) is 0 Å². The van der Waals surface area contributed by atoms with E-state index < -0.39 is 52.4 Å². The Hall–Kier alpha value is -3.17. The second-order valence-corrected chi connectivity index (χ2v) is 7.48. The van der Waals surface area contributed by atoms with Gasteiger partial charge >= 0.3 is 12.3 Å². The summed E-state index contributed by atoms with van der Waals surface area (Å²) in [5.74, 6) is -6.78. The maximum Gasteiger partial charge on any atom is 0.432 e. The quantitative estimate of drug-likeness (QED) is 0.307. The van der Waals surface area contributed by atoms with Crippen molar-refractivity contribution in [2.75, 3.05) is 0 Å². The molecule has 0 aromatic heterocycles. The van der Waals surface area contributed by atoms with Gasteiger partial charge in [-0.1, -0.05) is 19.1 Å². The monoisotopic (exact) mass is 492 g/mol. The number of halogens is 9. The van der Waals surface area contributed by atoms with E-state index in [-0.39, 0.29) is 30.4 Å². The minimum absolute atomic E-state index is 0.0312. The number of ether oxygens (including phenoxy) is 1. The molecule has 182 valence electrons. The fourth-order valence-electron chi connectivity index (χ4n) is 3.36. The Kier molecular flexibility index (Phi) is 7.18. The fourth-order valence-corrected chi connectivity index (χ4v) is 3.36. The predicted octanol–water partition coefficient (Wildman–Crippen LogP) is 7.74. The largest absolute Gasteiger partial charge is 0.432 e. The highest BCUT2D eigenvalue weighted by atomic mass is 19.4. The van der Waals surface area contributed by atoms with Crippen LogP contribution in [0.15, 0.2) is 48.5 Å². The van der Waals surface area contributed by atoms with E-state index in [9.17, 15) is 39.5 Å². The van der Waals surface area contributed by atoms with Gasteiger partial charge < -0.3 is 4.74 Å². The molecule has 0 unspecified atom stereocenters. The Labute approximate surface area is 188 Å². The Morgan fingerprint density at radius 1 is 0.618 bits per heavy atom. The molecule has 0 saturated carbocycles. The first-order valence-electron chi connectivity index (χ1n) is 10.0. The molecule has 0 bridgehead atoms. The van der Waals surface area contributed by atoms with Crippen LogP contribution in [0.3, 0.4) is 0 Å². The third-order valence-electron chi connectivity index (χ3n) is 5.06. The van der Waals surface area contributed by atoms with Gasteiger partial charge in [0.25, 0.3) is 0 Å². The average Bonchev–Trinajstić information content (AvgIpc) is 2.70. The van der Waals surface area contributed by atoms with E-state index in [4.69, 9.17) is 0 Å². The average molecular weight is 492 g/mol. The normalized spacial score (nSPS) is 12.2. The maximum atomic E-state index is 14.4. The van der Waals surface area contributed by atoms with Gasteiger partial charge in [-0.25, -0.2) is 17.6 Å². The first-order valence-corrected chi connectivity index (χ1v) is 10.0. The van der Waals surface area contributed by atoms with E-state index in [0.29, 0.717) is 17.7 Å². The summed E-state index contributed by atoms with van der Waals surface area (Å²) in [6.07, 6.45) is -9.16. The van der Waals surface area contributed by atoms with Crippen LogP contribution in [0, 0.1) is 23.3 Å². The van der Waals surface area contributed by atoms with E-state index in [1.54, 1.807) is 6.92 Å². The van der Waals surface area contributed by atoms with Gasteiger partial charge in [0.2, 0.25) is 0 Å². The first-order chi connectivity index (χ1) is 15.8. The summed E-state index contributed by atoms with van der Waals surface area (Å²) in [6, 6.07) is 7.62. The van der Waals surface area contributed by atoms with Crippen molar-refractivity contribution in [1.82, 2.24) is 0 Å². The number of rotatable bonds is 7. The molecule has 0 atom stereocenters. The molecule has 0 saturated heterocycles. The molecular weight excluding hydrogens is 475 g/mol. The lowest BCUT2D eigenvalue weighted by atomic mass is 10.0.